The predicted octanol–water partition coefficient (Wildman–Crippen LogP) is 3.79. The average molecular weight is 366 g/mol. The van der Waals surface area contributed by atoms with Crippen LogP contribution in [-0.2, 0) is 4.79 Å². The maximum atomic E-state index is 12.6. The number of anilines is 1. The molecule has 3 aromatic rings. The van der Waals surface area contributed by atoms with Crippen molar-refractivity contribution in [1.82, 2.24) is 15.3 Å². The number of carbonyl (C=O) groups is 1. The predicted molar refractivity (Wildman–Crippen MR) is 105 cm³/mol. The first-order valence-electron chi connectivity index (χ1n) is 9.02. The summed E-state index contributed by atoms with van der Waals surface area (Å²) in [5, 5.41) is 4.17. The summed E-state index contributed by atoms with van der Waals surface area (Å²) in [5.41, 5.74) is 2.09. The van der Waals surface area contributed by atoms with E-state index in [-0.39, 0.29) is 17.9 Å². The number of rotatable bonds is 4. The number of aromatic nitrogens is 2. The Morgan fingerprint density at radius 3 is 2.69 bits per heavy atom. The van der Waals surface area contributed by atoms with Gasteiger partial charge in [0.25, 0.3) is 0 Å². The molecular weight excluding hydrogens is 344 g/mol. The van der Waals surface area contributed by atoms with Gasteiger partial charge in [-0.2, -0.15) is 0 Å². The highest BCUT2D eigenvalue weighted by Gasteiger charge is 2.27. The zero-order valence-corrected chi connectivity index (χ0v) is 15.6. The SMILES string of the molecule is C[C@@H](NC(=O)C1CCN(c2nc3cccnc3s2)CC1)c1ccccc1. The van der Waals surface area contributed by atoms with Crippen molar-refractivity contribution in [2.75, 3.05) is 18.0 Å². The molecule has 6 heteroatoms. The van der Waals surface area contributed by atoms with Crippen molar-refractivity contribution in [2.24, 2.45) is 5.92 Å². The lowest BCUT2D eigenvalue weighted by Gasteiger charge is -2.31. The number of amides is 1. The van der Waals surface area contributed by atoms with Crippen LogP contribution in [-0.4, -0.2) is 29.0 Å². The standard InChI is InChI=1S/C20H22N4OS/c1-14(15-6-3-2-4-7-15)22-18(25)16-9-12-24(13-10-16)20-23-17-8-5-11-21-19(17)26-20/h2-8,11,14,16H,9-10,12-13H2,1H3,(H,22,25)/t14-/m1/s1. The van der Waals surface area contributed by atoms with Gasteiger partial charge in [-0.3, -0.25) is 4.79 Å². The van der Waals surface area contributed by atoms with Gasteiger partial charge in [0.15, 0.2) is 5.13 Å². The lowest BCUT2D eigenvalue weighted by atomic mass is 9.95. The second kappa shape index (κ2) is 7.41. The van der Waals surface area contributed by atoms with Crippen LogP contribution >= 0.6 is 11.3 Å². The van der Waals surface area contributed by atoms with Gasteiger partial charge < -0.3 is 10.2 Å². The monoisotopic (exact) mass is 366 g/mol. The molecule has 1 N–H and O–H groups in total. The Bertz CT molecular complexity index is 854. The fourth-order valence-electron chi connectivity index (χ4n) is 3.38. The molecule has 1 aromatic carbocycles. The lowest BCUT2D eigenvalue weighted by Crippen LogP contribution is -2.41. The van der Waals surface area contributed by atoms with Gasteiger partial charge in [-0.05, 0) is 37.5 Å². The molecule has 134 valence electrons. The number of thiazole rings is 1. The van der Waals surface area contributed by atoms with Gasteiger partial charge in [0.05, 0.1) is 6.04 Å². The molecule has 0 aliphatic carbocycles. The Hall–Kier alpha value is -2.47. The number of hydrogen-bond donors (Lipinski definition) is 1. The van der Waals surface area contributed by atoms with E-state index >= 15 is 0 Å². The smallest absolute Gasteiger partial charge is 0.223 e. The number of nitrogens with one attached hydrogen (secondary N) is 1. The van der Waals surface area contributed by atoms with E-state index in [1.54, 1.807) is 17.5 Å². The van der Waals surface area contributed by atoms with Crippen molar-refractivity contribution in [3.8, 4) is 0 Å². The zero-order valence-electron chi connectivity index (χ0n) is 14.8. The molecule has 0 saturated carbocycles. The molecule has 26 heavy (non-hydrogen) atoms. The Kier molecular flexibility index (Phi) is 4.84. The molecule has 3 heterocycles. The molecule has 1 aliphatic rings. The van der Waals surface area contributed by atoms with Crippen LogP contribution in [0.3, 0.4) is 0 Å². The molecule has 2 aromatic heterocycles. The quantitative estimate of drug-likeness (QED) is 0.763. The maximum absolute atomic E-state index is 12.6. The largest absolute Gasteiger partial charge is 0.349 e. The molecule has 0 spiro atoms. The van der Waals surface area contributed by atoms with E-state index in [9.17, 15) is 4.79 Å². The number of nitrogens with zero attached hydrogens (tertiary/aromatic N) is 3. The molecule has 5 nitrogen and oxygen atoms in total. The molecule has 1 amide bonds. The van der Waals surface area contributed by atoms with Gasteiger partial charge >= 0.3 is 0 Å². The molecular formula is C20H22N4OS. The van der Waals surface area contributed by atoms with Gasteiger partial charge in [-0.1, -0.05) is 41.7 Å². The first-order chi connectivity index (χ1) is 12.7. The second-order valence-corrected chi connectivity index (χ2v) is 7.68. The van der Waals surface area contributed by atoms with Crippen molar-refractivity contribution in [3.05, 3.63) is 54.2 Å². The van der Waals surface area contributed by atoms with Crippen LogP contribution in [0.4, 0.5) is 5.13 Å². The highest BCUT2D eigenvalue weighted by atomic mass is 32.1. The summed E-state index contributed by atoms with van der Waals surface area (Å²) in [6.07, 6.45) is 3.52. The summed E-state index contributed by atoms with van der Waals surface area (Å²) in [5.74, 6) is 0.233. The van der Waals surface area contributed by atoms with E-state index in [1.165, 1.54) is 0 Å². The number of benzene rings is 1. The van der Waals surface area contributed by atoms with Crippen LogP contribution < -0.4 is 10.2 Å². The van der Waals surface area contributed by atoms with E-state index in [4.69, 9.17) is 0 Å². The molecule has 4 rings (SSSR count). The van der Waals surface area contributed by atoms with Crippen molar-refractivity contribution in [3.63, 3.8) is 0 Å². The van der Waals surface area contributed by atoms with E-state index in [0.29, 0.717) is 0 Å². The lowest BCUT2D eigenvalue weighted by molar-refractivity contribution is -0.126. The average Bonchev–Trinajstić information content (AvgIpc) is 3.13. The van der Waals surface area contributed by atoms with E-state index in [2.05, 4.69) is 32.3 Å². The minimum absolute atomic E-state index is 0.0389. The Balaban J connectivity index is 1.35. The maximum Gasteiger partial charge on any atom is 0.223 e. The first kappa shape index (κ1) is 17.0. The van der Waals surface area contributed by atoms with Gasteiger partial charge in [-0.25, -0.2) is 9.97 Å². The normalized spacial score (nSPS) is 16.6. The number of piperidine rings is 1. The fourth-order valence-corrected chi connectivity index (χ4v) is 4.34. The summed E-state index contributed by atoms with van der Waals surface area (Å²) in [7, 11) is 0. The second-order valence-electron chi connectivity index (χ2n) is 6.73. The van der Waals surface area contributed by atoms with Gasteiger partial charge in [0.1, 0.15) is 10.3 Å². The molecule has 0 radical (unpaired) electrons. The fraction of sp³-hybridized carbons (Fsp3) is 0.350. The first-order valence-corrected chi connectivity index (χ1v) is 9.84. The topological polar surface area (TPSA) is 58.1 Å². The van der Waals surface area contributed by atoms with Crippen LogP contribution in [0.1, 0.15) is 31.4 Å². The number of pyridine rings is 1. The van der Waals surface area contributed by atoms with E-state index < -0.39 is 0 Å². The number of carbonyl (C=O) groups excluding carboxylic acids is 1. The van der Waals surface area contributed by atoms with Crippen molar-refractivity contribution >= 4 is 32.7 Å². The molecule has 0 unspecified atom stereocenters. The highest BCUT2D eigenvalue weighted by molar-refractivity contribution is 7.21. The van der Waals surface area contributed by atoms with Crippen molar-refractivity contribution < 1.29 is 4.79 Å². The van der Waals surface area contributed by atoms with Crippen LogP contribution in [0.25, 0.3) is 10.3 Å². The number of fused-ring (bicyclic) bond motifs is 1. The zero-order chi connectivity index (χ0) is 17.9. The minimum atomic E-state index is 0.0389. The Morgan fingerprint density at radius 1 is 1.19 bits per heavy atom. The third-order valence-electron chi connectivity index (χ3n) is 4.95. The molecule has 1 fully saturated rings. The van der Waals surface area contributed by atoms with Crippen molar-refractivity contribution in [2.45, 2.75) is 25.8 Å². The summed E-state index contributed by atoms with van der Waals surface area (Å²) < 4.78 is 0. The summed E-state index contributed by atoms with van der Waals surface area (Å²) in [6.45, 7) is 3.76. The summed E-state index contributed by atoms with van der Waals surface area (Å²) in [6, 6.07) is 14.0. The van der Waals surface area contributed by atoms with E-state index in [1.807, 2.05) is 37.3 Å². The Labute approximate surface area is 157 Å². The van der Waals surface area contributed by atoms with Crippen LogP contribution in [0.2, 0.25) is 0 Å². The summed E-state index contributed by atoms with van der Waals surface area (Å²) in [4.78, 5) is 24.9. The minimum Gasteiger partial charge on any atom is -0.349 e. The van der Waals surface area contributed by atoms with Gasteiger partial charge in [-0.15, -0.1) is 0 Å². The third kappa shape index (κ3) is 3.55. The van der Waals surface area contributed by atoms with E-state index in [0.717, 1.165) is 47.0 Å². The van der Waals surface area contributed by atoms with Crippen LogP contribution in [0.15, 0.2) is 48.7 Å². The third-order valence-corrected chi connectivity index (χ3v) is 5.99. The van der Waals surface area contributed by atoms with Crippen LogP contribution in [0.5, 0.6) is 0 Å². The Morgan fingerprint density at radius 2 is 1.96 bits per heavy atom. The van der Waals surface area contributed by atoms with Gasteiger partial charge in [0, 0.05) is 25.2 Å². The van der Waals surface area contributed by atoms with Gasteiger partial charge in [0.2, 0.25) is 5.91 Å². The van der Waals surface area contributed by atoms with Crippen molar-refractivity contribution in [1.29, 1.82) is 0 Å². The molecule has 0 bridgehead atoms. The summed E-state index contributed by atoms with van der Waals surface area (Å²) >= 11 is 1.62. The molecule has 1 saturated heterocycles. The van der Waals surface area contributed by atoms with Crippen LogP contribution in [0, 0.1) is 5.92 Å². The highest BCUT2D eigenvalue weighted by Crippen LogP contribution is 2.30. The molecule has 1 aliphatic heterocycles. The molecule has 1 atom stereocenters. The number of hydrogen-bond acceptors (Lipinski definition) is 5.